The molecule has 0 radical (unpaired) electrons. The van der Waals surface area contributed by atoms with Crippen molar-refractivity contribution in [2.24, 2.45) is 0 Å². The lowest BCUT2D eigenvalue weighted by Gasteiger charge is -1.97. The van der Waals surface area contributed by atoms with Crippen LogP contribution in [0.3, 0.4) is 0 Å². The molecule has 0 aliphatic heterocycles. The zero-order valence-corrected chi connectivity index (χ0v) is 9.21. The summed E-state index contributed by atoms with van der Waals surface area (Å²) in [6.07, 6.45) is 0. The van der Waals surface area contributed by atoms with Gasteiger partial charge in [-0.05, 0) is 19.1 Å². The molecule has 2 N–H and O–H groups in total. The van der Waals surface area contributed by atoms with Crippen molar-refractivity contribution in [2.75, 3.05) is 5.73 Å². The first-order chi connectivity index (χ1) is 6.68. The van der Waals surface area contributed by atoms with Crippen LogP contribution in [0.1, 0.15) is 5.56 Å². The number of hydrogen-bond acceptors (Lipinski definition) is 3. The zero-order chi connectivity index (χ0) is 10.1. The monoisotopic (exact) mass is 252 g/mol. The minimum Gasteiger partial charge on any atom is -0.367 e. The number of anilines is 1. The quantitative estimate of drug-likeness (QED) is 0.849. The van der Waals surface area contributed by atoms with Gasteiger partial charge in [-0.1, -0.05) is 33.2 Å². The molecule has 0 atom stereocenters. The number of nitrogen functional groups attached to an aromatic ring is 1. The van der Waals surface area contributed by atoms with E-state index in [0.717, 1.165) is 21.3 Å². The summed E-state index contributed by atoms with van der Waals surface area (Å²) in [4.78, 5) is 0. The second-order valence-electron chi connectivity index (χ2n) is 3.03. The number of nitrogens with two attached hydrogens (primary N) is 1. The van der Waals surface area contributed by atoms with Crippen molar-refractivity contribution in [1.29, 1.82) is 0 Å². The minimum absolute atomic E-state index is 0.375. The summed E-state index contributed by atoms with van der Waals surface area (Å²) in [6.45, 7) is 1.89. The lowest BCUT2D eigenvalue weighted by atomic mass is 10.1. The fraction of sp³-hybridized carbons (Fsp3) is 0.100. The van der Waals surface area contributed by atoms with Gasteiger partial charge < -0.3 is 10.3 Å². The van der Waals surface area contributed by atoms with Crippen LogP contribution < -0.4 is 5.73 Å². The van der Waals surface area contributed by atoms with E-state index in [4.69, 9.17) is 10.3 Å². The third-order valence-corrected chi connectivity index (χ3v) is 2.55. The van der Waals surface area contributed by atoms with Gasteiger partial charge in [0.2, 0.25) is 5.88 Å². The maximum Gasteiger partial charge on any atom is 0.225 e. The fourth-order valence-electron chi connectivity index (χ4n) is 1.25. The van der Waals surface area contributed by atoms with Crippen molar-refractivity contribution >= 4 is 21.8 Å². The molecule has 0 bridgehead atoms. The number of hydrogen-bond donors (Lipinski definition) is 1. The van der Waals surface area contributed by atoms with Gasteiger partial charge in [0.1, 0.15) is 5.69 Å². The Labute approximate surface area is 90.0 Å². The van der Waals surface area contributed by atoms with E-state index >= 15 is 0 Å². The molecule has 0 spiro atoms. The molecule has 2 aromatic rings. The number of aromatic nitrogens is 1. The summed E-state index contributed by atoms with van der Waals surface area (Å²) >= 11 is 3.40. The highest BCUT2D eigenvalue weighted by atomic mass is 79.9. The first kappa shape index (κ1) is 9.27. The Morgan fingerprint density at radius 1 is 1.43 bits per heavy atom. The van der Waals surface area contributed by atoms with Crippen LogP contribution in [0.2, 0.25) is 0 Å². The van der Waals surface area contributed by atoms with E-state index in [9.17, 15) is 0 Å². The predicted molar refractivity (Wildman–Crippen MR) is 58.8 cm³/mol. The van der Waals surface area contributed by atoms with E-state index in [0.29, 0.717) is 5.88 Å². The van der Waals surface area contributed by atoms with E-state index in [-0.39, 0.29) is 0 Å². The highest BCUT2D eigenvalue weighted by Crippen LogP contribution is 2.27. The molecule has 0 fully saturated rings. The van der Waals surface area contributed by atoms with E-state index < -0.39 is 0 Å². The molecule has 0 aliphatic carbocycles. The summed E-state index contributed by atoms with van der Waals surface area (Å²) in [6, 6.07) is 7.85. The Hall–Kier alpha value is -1.29. The molecule has 0 amide bonds. The van der Waals surface area contributed by atoms with Gasteiger partial charge in [0.15, 0.2) is 0 Å². The van der Waals surface area contributed by atoms with Crippen molar-refractivity contribution < 1.29 is 4.52 Å². The average Bonchev–Trinajstić information content (AvgIpc) is 2.48. The standard InChI is InChI=1S/C10H9BrN2O/c1-6-9(13-14-10(6)12)7-3-2-4-8(11)5-7/h2-5H,12H2,1H3. The summed E-state index contributed by atoms with van der Waals surface area (Å²) in [5, 5.41) is 3.91. The van der Waals surface area contributed by atoms with E-state index in [2.05, 4.69) is 21.1 Å². The Balaban J connectivity index is 2.55. The summed E-state index contributed by atoms with van der Waals surface area (Å²) in [5.74, 6) is 0.375. The molecular formula is C10H9BrN2O. The lowest BCUT2D eigenvalue weighted by Crippen LogP contribution is -1.84. The van der Waals surface area contributed by atoms with E-state index in [1.165, 1.54) is 0 Å². The molecule has 14 heavy (non-hydrogen) atoms. The highest BCUT2D eigenvalue weighted by molar-refractivity contribution is 9.10. The molecule has 0 unspecified atom stereocenters. The Bertz CT molecular complexity index is 465. The molecule has 1 aromatic heterocycles. The predicted octanol–water partition coefficient (Wildman–Crippen LogP) is 2.99. The molecular weight excluding hydrogens is 244 g/mol. The first-order valence-electron chi connectivity index (χ1n) is 4.16. The van der Waals surface area contributed by atoms with Crippen LogP contribution >= 0.6 is 15.9 Å². The first-order valence-corrected chi connectivity index (χ1v) is 4.95. The van der Waals surface area contributed by atoms with Crippen molar-refractivity contribution in [3.63, 3.8) is 0 Å². The van der Waals surface area contributed by atoms with Crippen LogP contribution in [0.15, 0.2) is 33.3 Å². The molecule has 1 heterocycles. The molecule has 2 rings (SSSR count). The zero-order valence-electron chi connectivity index (χ0n) is 7.62. The average molecular weight is 253 g/mol. The third kappa shape index (κ3) is 1.53. The van der Waals surface area contributed by atoms with E-state index in [1.807, 2.05) is 31.2 Å². The smallest absolute Gasteiger partial charge is 0.225 e. The topological polar surface area (TPSA) is 52.0 Å². The Morgan fingerprint density at radius 3 is 2.79 bits per heavy atom. The van der Waals surface area contributed by atoms with Crippen LogP contribution in [-0.2, 0) is 0 Å². The van der Waals surface area contributed by atoms with Gasteiger partial charge in [0, 0.05) is 15.6 Å². The third-order valence-electron chi connectivity index (χ3n) is 2.06. The summed E-state index contributed by atoms with van der Waals surface area (Å²) in [5.41, 5.74) is 8.25. The summed E-state index contributed by atoms with van der Waals surface area (Å²) in [7, 11) is 0. The Kier molecular flexibility index (Phi) is 2.29. The van der Waals surface area contributed by atoms with Gasteiger partial charge in [-0.3, -0.25) is 0 Å². The summed E-state index contributed by atoms with van der Waals surface area (Å²) < 4.78 is 5.91. The van der Waals surface area contributed by atoms with Crippen LogP contribution in [0.25, 0.3) is 11.3 Å². The van der Waals surface area contributed by atoms with Crippen molar-refractivity contribution in [1.82, 2.24) is 5.16 Å². The van der Waals surface area contributed by atoms with Crippen molar-refractivity contribution in [3.8, 4) is 11.3 Å². The molecule has 0 saturated carbocycles. The second kappa shape index (κ2) is 3.46. The molecule has 0 saturated heterocycles. The van der Waals surface area contributed by atoms with E-state index in [1.54, 1.807) is 0 Å². The van der Waals surface area contributed by atoms with Crippen molar-refractivity contribution in [2.45, 2.75) is 6.92 Å². The van der Waals surface area contributed by atoms with Gasteiger partial charge >= 0.3 is 0 Å². The Morgan fingerprint density at radius 2 is 2.21 bits per heavy atom. The van der Waals surface area contributed by atoms with Crippen LogP contribution in [-0.4, -0.2) is 5.16 Å². The lowest BCUT2D eigenvalue weighted by molar-refractivity contribution is 0.439. The van der Waals surface area contributed by atoms with Gasteiger partial charge in [0.25, 0.3) is 0 Å². The van der Waals surface area contributed by atoms with Gasteiger partial charge in [-0.15, -0.1) is 0 Å². The van der Waals surface area contributed by atoms with Gasteiger partial charge in [-0.2, -0.15) is 0 Å². The number of benzene rings is 1. The van der Waals surface area contributed by atoms with Crippen molar-refractivity contribution in [3.05, 3.63) is 34.3 Å². The number of nitrogens with zero attached hydrogens (tertiary/aromatic N) is 1. The maximum atomic E-state index is 5.58. The van der Waals surface area contributed by atoms with Gasteiger partial charge in [0.05, 0.1) is 0 Å². The normalized spacial score (nSPS) is 10.4. The molecule has 72 valence electrons. The van der Waals surface area contributed by atoms with Crippen LogP contribution in [0.4, 0.5) is 5.88 Å². The van der Waals surface area contributed by atoms with Crippen LogP contribution in [0, 0.1) is 6.92 Å². The van der Waals surface area contributed by atoms with Crippen LogP contribution in [0.5, 0.6) is 0 Å². The molecule has 1 aromatic carbocycles. The highest BCUT2D eigenvalue weighted by Gasteiger charge is 2.10. The minimum atomic E-state index is 0.375. The maximum absolute atomic E-state index is 5.58. The molecule has 3 nitrogen and oxygen atoms in total. The SMILES string of the molecule is Cc1c(-c2cccc(Br)c2)noc1N. The molecule has 0 aliphatic rings. The second-order valence-corrected chi connectivity index (χ2v) is 3.95. The number of rotatable bonds is 1. The van der Waals surface area contributed by atoms with Gasteiger partial charge in [-0.25, -0.2) is 0 Å². The fourth-order valence-corrected chi connectivity index (χ4v) is 1.65. The number of halogens is 1. The molecule has 4 heteroatoms. The largest absolute Gasteiger partial charge is 0.367 e.